The summed E-state index contributed by atoms with van der Waals surface area (Å²) in [6.45, 7) is 0. The number of hydrogen-bond donors (Lipinski definition) is 1. The minimum atomic E-state index is -5.74. The summed E-state index contributed by atoms with van der Waals surface area (Å²) in [5, 5.41) is 14.4. The third-order valence-corrected chi connectivity index (χ3v) is 5.57. The number of aromatic amines is 1. The normalized spacial score (nSPS) is 13.9. The summed E-state index contributed by atoms with van der Waals surface area (Å²) in [5.74, 6) is -1.03. The molecule has 6 nitrogen and oxygen atoms in total. The Bertz CT molecular complexity index is 1450. The van der Waals surface area contributed by atoms with Crippen LogP contribution in [-0.4, -0.2) is 33.6 Å². The zero-order valence-electron chi connectivity index (χ0n) is 17.5. The van der Waals surface area contributed by atoms with E-state index in [1.165, 1.54) is 6.07 Å². The minimum absolute atomic E-state index is 0.137. The first-order valence-electron chi connectivity index (χ1n) is 10.2. The number of aromatic nitrogens is 3. The van der Waals surface area contributed by atoms with Gasteiger partial charge in [0.1, 0.15) is 17.4 Å². The smallest absolute Gasteiger partial charge is 0.434 e. The van der Waals surface area contributed by atoms with Crippen LogP contribution in [0.5, 0.6) is 5.75 Å². The predicted molar refractivity (Wildman–Crippen MR) is 110 cm³/mol. The third kappa shape index (κ3) is 4.07. The maximum Gasteiger partial charge on any atom is 0.434 e. The summed E-state index contributed by atoms with van der Waals surface area (Å²) in [6, 6.07) is 10.2. The average Bonchev–Trinajstić information content (AvgIpc) is 3.51. The molecule has 2 aromatic heterocycles. The number of rotatable bonds is 4. The van der Waals surface area contributed by atoms with Gasteiger partial charge < -0.3 is 14.2 Å². The molecule has 0 spiro atoms. The Kier molecular flexibility index (Phi) is 5.23. The van der Waals surface area contributed by atoms with Crippen LogP contribution in [0.2, 0.25) is 0 Å². The molecule has 0 unspecified atom stereocenters. The number of nitrogens with zero attached hydrogens (tertiary/aromatic N) is 3. The lowest BCUT2D eigenvalue weighted by Crippen LogP contribution is -2.46. The zero-order chi connectivity index (χ0) is 25.0. The van der Waals surface area contributed by atoms with Crippen molar-refractivity contribution in [2.24, 2.45) is 0 Å². The number of nitriles is 1. The highest BCUT2D eigenvalue weighted by Crippen LogP contribution is 2.39. The van der Waals surface area contributed by atoms with Crippen LogP contribution in [0.3, 0.4) is 0 Å². The van der Waals surface area contributed by atoms with Crippen LogP contribution in [0.1, 0.15) is 23.2 Å². The highest BCUT2D eigenvalue weighted by molar-refractivity contribution is 5.89. The SMILES string of the molecule is N#Cc1c(OC(C(F)(F)F)C(F)(F)F)cccc1-c1nc(-c2ccc3[nH]c4c(c3c2)CC[CH]4)no1. The fourth-order valence-electron chi connectivity index (χ4n) is 4.03. The molecular formula is C23H13F6N4O2. The van der Waals surface area contributed by atoms with E-state index in [-0.39, 0.29) is 17.3 Å². The summed E-state index contributed by atoms with van der Waals surface area (Å²) < 4.78 is 87.1. The monoisotopic (exact) mass is 491 g/mol. The molecule has 1 N–H and O–H groups in total. The van der Waals surface area contributed by atoms with E-state index in [4.69, 9.17) is 4.52 Å². The van der Waals surface area contributed by atoms with Gasteiger partial charge in [-0.25, -0.2) is 0 Å². The van der Waals surface area contributed by atoms with Crippen LogP contribution < -0.4 is 4.74 Å². The third-order valence-electron chi connectivity index (χ3n) is 5.57. The first-order chi connectivity index (χ1) is 16.6. The zero-order valence-corrected chi connectivity index (χ0v) is 17.5. The van der Waals surface area contributed by atoms with Crippen molar-refractivity contribution in [2.75, 3.05) is 0 Å². The van der Waals surface area contributed by atoms with Crippen LogP contribution in [0.25, 0.3) is 33.7 Å². The van der Waals surface area contributed by atoms with E-state index in [2.05, 4.69) is 26.3 Å². The Labute approximate surface area is 193 Å². The van der Waals surface area contributed by atoms with Gasteiger partial charge in [0.15, 0.2) is 0 Å². The van der Waals surface area contributed by atoms with E-state index < -0.39 is 29.8 Å². The summed E-state index contributed by atoms with van der Waals surface area (Å²) in [6.07, 6.45) is -11.7. The molecule has 5 rings (SSSR count). The Morgan fingerprint density at radius 3 is 2.57 bits per heavy atom. The van der Waals surface area contributed by atoms with Gasteiger partial charge >= 0.3 is 12.4 Å². The maximum atomic E-state index is 12.9. The lowest BCUT2D eigenvalue weighted by molar-refractivity contribution is -0.299. The molecule has 0 atom stereocenters. The summed E-state index contributed by atoms with van der Waals surface area (Å²) >= 11 is 0. The van der Waals surface area contributed by atoms with Gasteiger partial charge in [-0.2, -0.15) is 36.6 Å². The first-order valence-corrected chi connectivity index (χ1v) is 10.2. The number of alkyl halides is 6. The number of fused-ring (bicyclic) bond motifs is 3. The molecule has 0 amide bonds. The van der Waals surface area contributed by atoms with Crippen molar-refractivity contribution in [3.63, 3.8) is 0 Å². The molecule has 0 aliphatic heterocycles. The van der Waals surface area contributed by atoms with E-state index in [1.54, 1.807) is 12.1 Å². The fraction of sp³-hybridized carbons (Fsp3) is 0.217. The standard InChI is InChI=1S/C23H13F6N4O2/c24-22(25,26)21(23(27,28)29)34-18-6-2-4-13(15(18)10-30)20-32-19(33-35-20)11-7-8-17-14(9-11)12-3-1-5-16(12)31-17/h2,4-9,21,31H,1,3H2. The molecule has 2 heterocycles. The second-order valence-electron chi connectivity index (χ2n) is 7.82. The molecule has 1 radical (unpaired) electrons. The summed E-state index contributed by atoms with van der Waals surface area (Å²) in [5.41, 5.74) is 2.96. The minimum Gasteiger partial charge on any atom is -0.470 e. The average molecular weight is 491 g/mol. The molecule has 12 heteroatoms. The topological polar surface area (TPSA) is 87.7 Å². The van der Waals surface area contributed by atoms with Crippen LogP contribution in [0.4, 0.5) is 26.3 Å². The molecule has 0 saturated heterocycles. The maximum absolute atomic E-state index is 12.9. The molecule has 0 saturated carbocycles. The second kappa shape index (κ2) is 8.04. The lowest BCUT2D eigenvalue weighted by atomic mass is 10.1. The summed E-state index contributed by atoms with van der Waals surface area (Å²) in [7, 11) is 0. The molecule has 0 bridgehead atoms. The van der Waals surface area contributed by atoms with Crippen molar-refractivity contribution in [3.8, 4) is 34.7 Å². The van der Waals surface area contributed by atoms with E-state index in [0.29, 0.717) is 5.56 Å². The number of aryl methyl sites for hydroxylation is 1. The van der Waals surface area contributed by atoms with Crippen molar-refractivity contribution in [1.29, 1.82) is 5.26 Å². The Morgan fingerprint density at radius 1 is 1.09 bits per heavy atom. The number of halogens is 6. The Hall–Kier alpha value is -4.01. The molecular weight excluding hydrogens is 478 g/mol. The molecule has 0 fully saturated rings. The number of ether oxygens (including phenoxy) is 1. The molecule has 179 valence electrons. The van der Waals surface area contributed by atoms with Crippen LogP contribution in [0, 0.1) is 17.8 Å². The van der Waals surface area contributed by atoms with Gasteiger partial charge in [-0.3, -0.25) is 0 Å². The molecule has 4 aromatic rings. The van der Waals surface area contributed by atoms with Gasteiger partial charge in [0, 0.05) is 28.6 Å². The Morgan fingerprint density at radius 2 is 1.86 bits per heavy atom. The van der Waals surface area contributed by atoms with Gasteiger partial charge in [0.05, 0.1) is 5.56 Å². The van der Waals surface area contributed by atoms with Gasteiger partial charge in [-0.1, -0.05) is 11.2 Å². The quantitative estimate of drug-likeness (QED) is 0.347. The van der Waals surface area contributed by atoms with Crippen molar-refractivity contribution >= 4 is 10.9 Å². The van der Waals surface area contributed by atoms with E-state index in [9.17, 15) is 31.6 Å². The fourth-order valence-corrected chi connectivity index (χ4v) is 4.03. The van der Waals surface area contributed by atoms with Gasteiger partial charge in [-0.15, -0.1) is 0 Å². The highest BCUT2D eigenvalue weighted by atomic mass is 19.4. The van der Waals surface area contributed by atoms with Crippen molar-refractivity contribution in [2.45, 2.75) is 31.3 Å². The van der Waals surface area contributed by atoms with Gasteiger partial charge in [-0.05, 0) is 48.7 Å². The van der Waals surface area contributed by atoms with Gasteiger partial charge in [0.25, 0.3) is 12.0 Å². The van der Waals surface area contributed by atoms with Crippen LogP contribution >= 0.6 is 0 Å². The number of benzene rings is 2. The highest BCUT2D eigenvalue weighted by Gasteiger charge is 2.59. The number of hydrogen-bond acceptors (Lipinski definition) is 5. The molecule has 2 aromatic carbocycles. The molecule has 1 aliphatic carbocycles. The predicted octanol–water partition coefficient (Wildman–Crippen LogP) is 6.13. The van der Waals surface area contributed by atoms with Crippen LogP contribution in [-0.2, 0) is 6.42 Å². The van der Waals surface area contributed by atoms with E-state index in [0.717, 1.165) is 47.1 Å². The lowest BCUT2D eigenvalue weighted by Gasteiger charge is -2.24. The van der Waals surface area contributed by atoms with Gasteiger partial charge in [0.2, 0.25) is 5.82 Å². The summed E-state index contributed by atoms with van der Waals surface area (Å²) in [4.78, 5) is 7.53. The van der Waals surface area contributed by atoms with Crippen molar-refractivity contribution < 1.29 is 35.6 Å². The van der Waals surface area contributed by atoms with Crippen molar-refractivity contribution in [1.82, 2.24) is 15.1 Å². The van der Waals surface area contributed by atoms with E-state index in [1.807, 2.05) is 12.1 Å². The molecule has 1 aliphatic rings. The number of nitrogens with one attached hydrogen (secondary N) is 1. The first kappa shape index (κ1) is 22.8. The van der Waals surface area contributed by atoms with Crippen molar-refractivity contribution in [3.05, 3.63) is 59.6 Å². The Balaban J connectivity index is 1.51. The van der Waals surface area contributed by atoms with Crippen LogP contribution in [0.15, 0.2) is 40.9 Å². The van der Waals surface area contributed by atoms with E-state index >= 15 is 0 Å². The second-order valence-corrected chi connectivity index (χ2v) is 7.82. The largest absolute Gasteiger partial charge is 0.470 e. The molecule has 35 heavy (non-hydrogen) atoms. The number of H-pyrrole nitrogens is 1.